The first-order valence-corrected chi connectivity index (χ1v) is 13.6. The minimum atomic E-state index is -4.93. The van der Waals surface area contributed by atoms with E-state index in [9.17, 15) is 26.3 Å². The van der Waals surface area contributed by atoms with E-state index in [4.69, 9.17) is 0 Å². The standard InChI is InChI=1S/C36H19F6N/c37-35(38,39)23-13-22(14-24(18-23)36(40,41)42)29-17-21-6-3-8-26-28(16-20-5-4-9-27(29)34(20)33(21)26)19-11-12-32-30(15-19)25-7-1-2-10-31(25)43-32/h1-18,43H. The molecule has 0 unspecified atom stereocenters. The van der Waals surface area contributed by atoms with Gasteiger partial charge in [0.25, 0.3) is 0 Å². The number of para-hydroxylation sites is 1. The van der Waals surface area contributed by atoms with Crippen LogP contribution in [0.3, 0.4) is 0 Å². The Balaban J connectivity index is 1.42. The Hall–Kier alpha value is -5.04. The maximum Gasteiger partial charge on any atom is 0.416 e. The lowest BCUT2D eigenvalue weighted by atomic mass is 9.85. The van der Waals surface area contributed by atoms with Crippen molar-refractivity contribution >= 4 is 54.1 Å². The van der Waals surface area contributed by atoms with Gasteiger partial charge in [-0.3, -0.25) is 0 Å². The van der Waals surface area contributed by atoms with Crippen LogP contribution in [0.5, 0.6) is 0 Å². The van der Waals surface area contributed by atoms with Crippen molar-refractivity contribution in [2.75, 3.05) is 0 Å². The van der Waals surface area contributed by atoms with Gasteiger partial charge in [0.1, 0.15) is 0 Å². The van der Waals surface area contributed by atoms with Crippen LogP contribution in [-0.2, 0) is 12.4 Å². The fourth-order valence-electron chi connectivity index (χ4n) is 6.46. The van der Waals surface area contributed by atoms with Crippen molar-refractivity contribution in [3.8, 4) is 22.3 Å². The van der Waals surface area contributed by atoms with Crippen LogP contribution in [0.4, 0.5) is 26.3 Å². The first kappa shape index (κ1) is 25.7. The van der Waals surface area contributed by atoms with Gasteiger partial charge in [-0.15, -0.1) is 0 Å². The molecule has 0 saturated heterocycles. The van der Waals surface area contributed by atoms with Crippen molar-refractivity contribution in [2.24, 2.45) is 0 Å². The van der Waals surface area contributed by atoms with Gasteiger partial charge in [0.15, 0.2) is 0 Å². The summed E-state index contributed by atoms with van der Waals surface area (Å²) in [6.07, 6.45) is -9.87. The highest BCUT2D eigenvalue weighted by Gasteiger charge is 2.37. The minimum Gasteiger partial charge on any atom is -0.355 e. The molecular weight excluding hydrogens is 560 g/mol. The number of nitrogens with one attached hydrogen (secondary N) is 1. The van der Waals surface area contributed by atoms with Gasteiger partial charge in [0, 0.05) is 21.8 Å². The number of benzene rings is 7. The molecule has 1 N–H and O–H groups in total. The first-order chi connectivity index (χ1) is 20.6. The Labute approximate surface area is 240 Å². The van der Waals surface area contributed by atoms with E-state index in [0.717, 1.165) is 72.0 Å². The molecule has 0 amide bonds. The molecule has 1 nitrogen and oxygen atoms in total. The molecular formula is C36H19F6N. The molecule has 7 aromatic carbocycles. The Morgan fingerprint density at radius 3 is 1.56 bits per heavy atom. The van der Waals surface area contributed by atoms with Crippen molar-refractivity contribution in [3.05, 3.63) is 120 Å². The van der Waals surface area contributed by atoms with Crippen LogP contribution in [0, 0.1) is 0 Å². The van der Waals surface area contributed by atoms with Crippen LogP contribution in [0.1, 0.15) is 11.1 Å². The summed E-state index contributed by atoms with van der Waals surface area (Å²) in [5.41, 5.74) is 1.57. The topological polar surface area (TPSA) is 15.8 Å². The number of hydrogen-bond acceptors (Lipinski definition) is 0. The zero-order valence-corrected chi connectivity index (χ0v) is 22.2. The van der Waals surface area contributed by atoms with Crippen LogP contribution < -0.4 is 0 Å². The summed E-state index contributed by atoms with van der Waals surface area (Å²) in [6, 6.07) is 31.1. The van der Waals surface area contributed by atoms with Crippen molar-refractivity contribution in [1.29, 1.82) is 0 Å². The number of aromatic nitrogens is 1. The van der Waals surface area contributed by atoms with Crippen molar-refractivity contribution < 1.29 is 26.3 Å². The summed E-state index contributed by atoms with van der Waals surface area (Å²) in [4.78, 5) is 3.45. The number of rotatable bonds is 2. The third kappa shape index (κ3) is 3.95. The number of halogens is 6. The van der Waals surface area contributed by atoms with Crippen LogP contribution in [0.25, 0.3) is 76.4 Å². The Bertz CT molecular complexity index is 2340. The van der Waals surface area contributed by atoms with Gasteiger partial charge in [-0.25, -0.2) is 0 Å². The zero-order chi connectivity index (χ0) is 29.7. The summed E-state index contributed by atoms with van der Waals surface area (Å²) >= 11 is 0. The van der Waals surface area contributed by atoms with E-state index in [1.54, 1.807) is 18.2 Å². The second kappa shape index (κ2) is 8.74. The molecule has 0 atom stereocenters. The van der Waals surface area contributed by atoms with Gasteiger partial charge in [0.2, 0.25) is 0 Å². The average molecular weight is 580 g/mol. The summed E-state index contributed by atoms with van der Waals surface area (Å²) in [7, 11) is 0. The maximum absolute atomic E-state index is 13.7. The lowest BCUT2D eigenvalue weighted by molar-refractivity contribution is -0.143. The van der Waals surface area contributed by atoms with Gasteiger partial charge >= 0.3 is 12.4 Å². The van der Waals surface area contributed by atoms with Crippen LogP contribution in [0.15, 0.2) is 109 Å². The molecule has 1 heterocycles. The predicted octanol–water partition coefficient (Wildman–Crippen LogP) is 11.6. The van der Waals surface area contributed by atoms with E-state index < -0.39 is 23.5 Å². The normalized spacial score (nSPS) is 12.9. The van der Waals surface area contributed by atoms with Crippen molar-refractivity contribution in [3.63, 3.8) is 0 Å². The highest BCUT2D eigenvalue weighted by Crippen LogP contribution is 2.46. The zero-order valence-electron chi connectivity index (χ0n) is 22.2. The van der Waals surface area contributed by atoms with Crippen LogP contribution >= 0.6 is 0 Å². The lowest BCUT2D eigenvalue weighted by Gasteiger charge is -2.19. The molecule has 0 aliphatic heterocycles. The molecule has 7 heteroatoms. The summed E-state index contributed by atoms with van der Waals surface area (Å²) < 4.78 is 82.4. The molecule has 43 heavy (non-hydrogen) atoms. The largest absolute Gasteiger partial charge is 0.416 e. The number of aromatic amines is 1. The number of H-pyrrole nitrogens is 1. The van der Waals surface area contributed by atoms with Gasteiger partial charge in [-0.2, -0.15) is 26.3 Å². The molecule has 0 bridgehead atoms. The quantitative estimate of drug-likeness (QED) is 0.155. The predicted molar refractivity (Wildman–Crippen MR) is 160 cm³/mol. The molecule has 8 aromatic rings. The lowest BCUT2D eigenvalue weighted by Crippen LogP contribution is -2.11. The average Bonchev–Trinajstić information content (AvgIpc) is 3.36. The van der Waals surface area contributed by atoms with Gasteiger partial charge in [-0.1, -0.05) is 60.7 Å². The molecule has 0 aliphatic rings. The third-order valence-corrected chi connectivity index (χ3v) is 8.34. The maximum atomic E-state index is 13.7. The smallest absolute Gasteiger partial charge is 0.355 e. The van der Waals surface area contributed by atoms with Crippen molar-refractivity contribution in [1.82, 2.24) is 4.98 Å². The van der Waals surface area contributed by atoms with E-state index in [-0.39, 0.29) is 11.6 Å². The Morgan fingerprint density at radius 2 is 0.953 bits per heavy atom. The number of fused-ring (bicyclic) bond motifs is 3. The van der Waals surface area contributed by atoms with Crippen molar-refractivity contribution in [2.45, 2.75) is 12.4 Å². The minimum absolute atomic E-state index is 0.133. The van der Waals surface area contributed by atoms with Crippen LogP contribution in [-0.4, -0.2) is 4.98 Å². The summed E-state index contributed by atoms with van der Waals surface area (Å²) in [5.74, 6) is 0. The first-order valence-electron chi connectivity index (χ1n) is 13.6. The van der Waals surface area contributed by atoms with Crippen LogP contribution in [0.2, 0.25) is 0 Å². The molecule has 0 radical (unpaired) electrons. The highest BCUT2D eigenvalue weighted by molar-refractivity contribution is 6.29. The Kier molecular flexibility index (Phi) is 5.21. The molecule has 210 valence electrons. The molecule has 0 saturated carbocycles. The Morgan fingerprint density at radius 1 is 0.419 bits per heavy atom. The highest BCUT2D eigenvalue weighted by atomic mass is 19.4. The fourth-order valence-corrected chi connectivity index (χ4v) is 6.46. The monoisotopic (exact) mass is 579 g/mol. The second-order valence-corrected chi connectivity index (χ2v) is 10.9. The van der Waals surface area contributed by atoms with E-state index in [1.807, 2.05) is 42.5 Å². The molecule has 8 rings (SSSR count). The SMILES string of the molecule is FC(F)(F)c1cc(-c2cc3cccc4c(-c5ccc6[nH]c7ccccc7c6c5)cc5cccc2c5c34)cc(C(F)(F)F)c1. The number of alkyl halides is 6. The van der Waals surface area contributed by atoms with Gasteiger partial charge in [-0.05, 0) is 103 Å². The molecule has 0 spiro atoms. The van der Waals surface area contributed by atoms with E-state index in [1.165, 1.54) is 0 Å². The summed E-state index contributed by atoms with van der Waals surface area (Å²) in [5, 5.41) is 7.03. The fraction of sp³-hybridized carbons (Fsp3) is 0.0556. The van der Waals surface area contributed by atoms with Gasteiger partial charge in [0.05, 0.1) is 11.1 Å². The van der Waals surface area contributed by atoms with E-state index in [2.05, 4.69) is 35.3 Å². The summed E-state index contributed by atoms with van der Waals surface area (Å²) in [6.45, 7) is 0. The number of hydrogen-bond donors (Lipinski definition) is 1. The van der Waals surface area contributed by atoms with E-state index >= 15 is 0 Å². The molecule has 0 aliphatic carbocycles. The second-order valence-electron chi connectivity index (χ2n) is 10.9. The van der Waals surface area contributed by atoms with E-state index in [0.29, 0.717) is 10.9 Å². The third-order valence-electron chi connectivity index (χ3n) is 8.34. The molecule has 0 fully saturated rings. The molecule has 1 aromatic heterocycles. The van der Waals surface area contributed by atoms with Gasteiger partial charge < -0.3 is 4.98 Å².